The largest absolute Gasteiger partial charge is 0.508 e. The summed E-state index contributed by atoms with van der Waals surface area (Å²) in [5.41, 5.74) is 13.4. The number of phenols is 2. The lowest BCUT2D eigenvalue weighted by Gasteiger charge is -2.34. The van der Waals surface area contributed by atoms with Gasteiger partial charge in [0.05, 0.1) is 72.4 Å². The number of rotatable bonds is 12. The highest BCUT2D eigenvalue weighted by Crippen LogP contribution is 2.39. The Hall–Kier alpha value is -9.21. The molecule has 80 heavy (non-hydrogen) atoms. The molecule has 6 aromatic heterocycles. The summed E-state index contributed by atoms with van der Waals surface area (Å²) in [7, 11) is 4.24. The number of benzene rings is 4. The minimum atomic E-state index is -0.375. The monoisotopic (exact) mass is 1070 g/mol. The van der Waals surface area contributed by atoms with Gasteiger partial charge in [0.15, 0.2) is 34.7 Å². The lowest BCUT2D eigenvalue weighted by molar-refractivity contribution is 0.103. The van der Waals surface area contributed by atoms with Crippen LogP contribution in [0.25, 0.3) is 67.1 Å². The molecule has 6 N–H and O–H groups in total. The van der Waals surface area contributed by atoms with Crippen molar-refractivity contribution in [2.24, 2.45) is 0 Å². The number of aromatic hydroxyl groups is 2. The van der Waals surface area contributed by atoms with Gasteiger partial charge < -0.3 is 49.6 Å². The number of fused-ring (bicyclic) bond motifs is 4. The molecular formula is C59H60N18O3. The van der Waals surface area contributed by atoms with Crippen molar-refractivity contribution in [2.75, 3.05) is 86.1 Å². The zero-order valence-electron chi connectivity index (χ0n) is 45.0. The molecule has 0 amide bonds. The Morgan fingerprint density at radius 3 is 1.38 bits per heavy atom. The van der Waals surface area contributed by atoms with Crippen LogP contribution in [0.3, 0.4) is 0 Å². The Morgan fingerprint density at radius 2 is 0.963 bits per heavy atom. The number of carbonyl (C=O) groups excluding carboxylic acids is 1. The Labute approximate surface area is 460 Å². The van der Waals surface area contributed by atoms with Crippen LogP contribution in [0.1, 0.15) is 63.9 Å². The number of aromatic amines is 4. The van der Waals surface area contributed by atoms with Crippen molar-refractivity contribution >= 4 is 50.9 Å². The van der Waals surface area contributed by atoms with E-state index in [1.165, 1.54) is 0 Å². The summed E-state index contributed by atoms with van der Waals surface area (Å²) in [5, 5.41) is 38.1. The summed E-state index contributed by atoms with van der Waals surface area (Å²) in [5.74, 6) is 3.77. The van der Waals surface area contributed by atoms with Gasteiger partial charge in [0, 0.05) is 63.1 Å². The minimum Gasteiger partial charge on any atom is -0.508 e. The fourth-order valence-corrected chi connectivity index (χ4v) is 11.8. The molecule has 0 unspecified atom stereocenters. The number of carbonyl (C=O) groups is 1. The molecule has 2 saturated heterocycles. The fourth-order valence-electron chi connectivity index (χ4n) is 11.8. The summed E-state index contributed by atoms with van der Waals surface area (Å²) in [6, 6.07) is 23.5. The maximum absolute atomic E-state index is 15.5. The summed E-state index contributed by atoms with van der Waals surface area (Å²) < 4.78 is 0. The summed E-state index contributed by atoms with van der Waals surface area (Å²) >= 11 is 0. The van der Waals surface area contributed by atoms with Crippen LogP contribution in [-0.4, -0.2) is 153 Å². The second kappa shape index (κ2) is 19.6. The molecule has 21 nitrogen and oxygen atoms in total. The van der Waals surface area contributed by atoms with Crippen molar-refractivity contribution in [3.8, 4) is 56.8 Å². The quantitative estimate of drug-likeness (QED) is 0.0651. The molecule has 0 spiro atoms. The van der Waals surface area contributed by atoms with E-state index in [1.807, 2.05) is 24.3 Å². The number of anilines is 4. The van der Waals surface area contributed by atoms with E-state index in [9.17, 15) is 10.2 Å². The number of aryl methyl sites for hydroxylation is 2. The van der Waals surface area contributed by atoms with Crippen molar-refractivity contribution in [1.82, 2.24) is 70.1 Å². The molecule has 0 radical (unpaired) electrons. The van der Waals surface area contributed by atoms with Gasteiger partial charge >= 0.3 is 0 Å². The Bertz CT molecular complexity index is 3740. The third kappa shape index (κ3) is 8.68. The Kier molecular flexibility index (Phi) is 12.0. The number of H-pyrrole nitrogens is 4. The lowest BCUT2D eigenvalue weighted by atomic mass is 9.97. The van der Waals surface area contributed by atoms with Crippen molar-refractivity contribution in [3.05, 3.63) is 130 Å². The van der Waals surface area contributed by atoms with Crippen molar-refractivity contribution in [3.63, 3.8) is 0 Å². The first-order valence-electron chi connectivity index (χ1n) is 27.4. The number of piperazine rings is 2. The molecule has 21 heteroatoms. The number of hydrogen-bond donors (Lipinski definition) is 6. The minimum absolute atomic E-state index is 0.188. The van der Waals surface area contributed by atoms with Gasteiger partial charge in [0.1, 0.15) is 34.5 Å². The molecule has 10 heterocycles. The van der Waals surface area contributed by atoms with Gasteiger partial charge in [-0.3, -0.25) is 15.0 Å². The molecule has 0 bridgehead atoms. The van der Waals surface area contributed by atoms with E-state index in [0.717, 1.165) is 143 Å². The van der Waals surface area contributed by atoms with Crippen LogP contribution >= 0.6 is 0 Å². The van der Waals surface area contributed by atoms with Crippen molar-refractivity contribution in [2.45, 2.75) is 52.9 Å². The molecule has 4 aliphatic rings. The molecule has 4 aliphatic heterocycles. The summed E-state index contributed by atoms with van der Waals surface area (Å²) in [6.07, 6.45) is 5.02. The highest BCUT2D eigenvalue weighted by Gasteiger charge is 2.36. The number of nitrogens with zero attached hydrogens (tertiary/aromatic N) is 14. The maximum Gasteiger partial charge on any atom is 0.237 e. The van der Waals surface area contributed by atoms with Crippen LogP contribution in [0.4, 0.5) is 23.3 Å². The summed E-state index contributed by atoms with van der Waals surface area (Å²) in [6.45, 7) is 12.4. The second-order valence-electron chi connectivity index (χ2n) is 21.5. The third-order valence-corrected chi connectivity index (χ3v) is 16.4. The van der Waals surface area contributed by atoms with E-state index in [1.54, 1.807) is 24.5 Å². The van der Waals surface area contributed by atoms with Gasteiger partial charge in [0.25, 0.3) is 0 Å². The van der Waals surface area contributed by atoms with Crippen LogP contribution in [-0.2, 0) is 39.0 Å². The van der Waals surface area contributed by atoms with Gasteiger partial charge in [-0.2, -0.15) is 10.2 Å². The van der Waals surface area contributed by atoms with E-state index >= 15 is 4.79 Å². The summed E-state index contributed by atoms with van der Waals surface area (Å²) in [4.78, 5) is 66.6. The predicted molar refractivity (Wildman–Crippen MR) is 307 cm³/mol. The van der Waals surface area contributed by atoms with Gasteiger partial charge in [0.2, 0.25) is 5.78 Å². The molecule has 10 aromatic rings. The van der Waals surface area contributed by atoms with E-state index in [2.05, 4.69) is 114 Å². The standard InChI is InChI=1S/C59H60N18O3/c1-5-33-23-37(78)9-13-39(33)35-7-11-41-43(25-35)68-70-51(41)56-62-45-29-76(30-46(45)63-56)58-53(60-27-49(66-58)74-19-15-72(3)16-20-74)55(80)54-59(67-50(28-61-54)75-21-17-73(4)18-22-75)77-31-47-48(32-77)65-57(64-47)52-42-12-8-36(26-44(42)69-71-52)40-14-10-38(79)24-34(40)6-2/h7-14,23-28,78-79H,5-6,15-22,29-32H2,1-4H3,(H,62,63)(H,64,65)(H,68,70)(H,69,71). The van der Waals surface area contributed by atoms with Crippen LogP contribution in [0, 0.1) is 0 Å². The van der Waals surface area contributed by atoms with Gasteiger partial charge in [-0.1, -0.05) is 38.1 Å². The van der Waals surface area contributed by atoms with Crippen LogP contribution < -0.4 is 19.6 Å². The first-order valence-corrected chi connectivity index (χ1v) is 27.4. The molecule has 14 rings (SSSR count). The number of hydrogen-bond acceptors (Lipinski definition) is 17. The molecule has 2 fully saturated rings. The van der Waals surface area contributed by atoms with Gasteiger partial charge in [-0.15, -0.1) is 0 Å². The second-order valence-corrected chi connectivity index (χ2v) is 21.5. The van der Waals surface area contributed by atoms with E-state index in [0.29, 0.717) is 72.5 Å². The zero-order chi connectivity index (χ0) is 54.3. The molecule has 0 atom stereocenters. The number of aromatic nitrogens is 12. The first kappa shape index (κ1) is 49.1. The van der Waals surface area contributed by atoms with Crippen molar-refractivity contribution in [1.29, 1.82) is 0 Å². The molecule has 0 saturated carbocycles. The smallest absolute Gasteiger partial charge is 0.237 e. The molecule has 4 aromatic carbocycles. The van der Waals surface area contributed by atoms with Gasteiger partial charge in [-0.05, 0) is 109 Å². The van der Waals surface area contributed by atoms with E-state index in [-0.39, 0.29) is 28.7 Å². The topological polar surface area (TPSA) is 243 Å². The SMILES string of the molecule is CCc1cc(O)ccc1-c1ccc2c(-c3nc4c([nH]3)CN(c3nc(N5CCN(C)CC5)cnc3C(=O)c3ncc(N5CCN(C)CC5)nc3N3Cc5nc(-c6n[nH]c7cc(-c8ccc(O)cc8CC)ccc67)[nH]c5C3)C4)n[nH]c2c1. The highest BCUT2D eigenvalue weighted by atomic mass is 16.3. The number of phenolic OH excluding ortho intramolecular Hbond substituents is 2. The maximum atomic E-state index is 15.5. The fraction of sp³-hybridized carbons (Fsp3) is 0.305. The number of ketones is 1. The number of nitrogens with one attached hydrogen (secondary N) is 4. The van der Waals surface area contributed by atoms with E-state index < -0.39 is 0 Å². The molecule has 404 valence electrons. The molecular weight excluding hydrogens is 1010 g/mol. The van der Waals surface area contributed by atoms with Gasteiger partial charge in [-0.25, -0.2) is 29.9 Å². The average molecular weight is 1070 g/mol. The normalized spacial score (nSPS) is 15.9. The average Bonchev–Trinajstić information content (AvgIpc) is 4.36. The number of likely N-dealkylation sites (N-methyl/N-ethyl adjacent to an activating group) is 2. The molecule has 0 aliphatic carbocycles. The predicted octanol–water partition coefficient (Wildman–Crippen LogP) is 7.44. The van der Waals surface area contributed by atoms with Crippen LogP contribution in [0.5, 0.6) is 11.5 Å². The Morgan fingerprint density at radius 1 is 0.525 bits per heavy atom. The Balaban J connectivity index is 0.770. The van der Waals surface area contributed by atoms with Crippen LogP contribution in [0.2, 0.25) is 0 Å². The third-order valence-electron chi connectivity index (χ3n) is 16.4. The highest BCUT2D eigenvalue weighted by molar-refractivity contribution is 6.12. The lowest BCUT2D eigenvalue weighted by Crippen LogP contribution is -2.45. The number of imidazole rings is 2. The van der Waals surface area contributed by atoms with E-state index in [4.69, 9.17) is 40.1 Å². The first-order chi connectivity index (χ1) is 39.0. The van der Waals surface area contributed by atoms with Crippen LogP contribution in [0.15, 0.2) is 85.2 Å². The van der Waals surface area contributed by atoms with Crippen molar-refractivity contribution < 1.29 is 15.0 Å². The zero-order valence-corrected chi connectivity index (χ0v) is 45.0.